The maximum atomic E-state index is 4.42. The minimum absolute atomic E-state index is 0.779. The third-order valence-corrected chi connectivity index (χ3v) is 3.07. The highest BCUT2D eigenvalue weighted by molar-refractivity contribution is 5.25. The van der Waals surface area contributed by atoms with Crippen molar-refractivity contribution in [2.45, 2.75) is 40.0 Å². The van der Waals surface area contributed by atoms with Crippen LogP contribution >= 0.6 is 0 Å². The van der Waals surface area contributed by atoms with Crippen LogP contribution < -0.4 is 5.32 Å². The molecule has 2 aromatic heterocycles. The predicted octanol–water partition coefficient (Wildman–Crippen LogP) is 2.21. The SMILES string of the molecule is CCCNCCCc1cnn(-c2cc(C)nc(C)n2)c1. The molecule has 20 heavy (non-hydrogen) atoms. The average molecular weight is 273 g/mol. The Morgan fingerprint density at radius 1 is 1.20 bits per heavy atom. The van der Waals surface area contributed by atoms with Gasteiger partial charge < -0.3 is 5.32 Å². The van der Waals surface area contributed by atoms with E-state index in [2.05, 4.69) is 33.5 Å². The smallest absolute Gasteiger partial charge is 0.157 e. The second-order valence-electron chi connectivity index (χ2n) is 5.06. The van der Waals surface area contributed by atoms with Crippen molar-refractivity contribution in [3.63, 3.8) is 0 Å². The van der Waals surface area contributed by atoms with Crippen LogP contribution in [0.15, 0.2) is 18.5 Å². The standard InChI is InChI=1S/C15H23N5/c1-4-7-16-8-5-6-14-10-17-20(11-14)15-9-12(2)18-13(3)19-15/h9-11,16H,4-8H2,1-3H3. The summed E-state index contributed by atoms with van der Waals surface area (Å²) >= 11 is 0. The number of nitrogens with one attached hydrogen (secondary N) is 1. The van der Waals surface area contributed by atoms with Gasteiger partial charge >= 0.3 is 0 Å². The molecule has 2 rings (SSSR count). The Morgan fingerprint density at radius 2 is 2.05 bits per heavy atom. The first-order chi connectivity index (χ1) is 9.69. The molecule has 0 saturated carbocycles. The van der Waals surface area contributed by atoms with Crippen molar-refractivity contribution < 1.29 is 0 Å². The molecule has 0 saturated heterocycles. The van der Waals surface area contributed by atoms with E-state index >= 15 is 0 Å². The van der Waals surface area contributed by atoms with Crippen molar-refractivity contribution in [3.05, 3.63) is 35.5 Å². The van der Waals surface area contributed by atoms with Crippen LogP contribution in [-0.4, -0.2) is 32.8 Å². The van der Waals surface area contributed by atoms with Crippen LogP contribution in [0.1, 0.15) is 36.8 Å². The molecule has 5 nitrogen and oxygen atoms in total. The molecule has 0 aromatic carbocycles. The number of rotatable bonds is 7. The van der Waals surface area contributed by atoms with Crippen LogP contribution in [0.25, 0.3) is 5.82 Å². The van der Waals surface area contributed by atoms with Gasteiger partial charge in [-0.2, -0.15) is 5.10 Å². The molecule has 0 radical (unpaired) electrons. The highest BCUT2D eigenvalue weighted by atomic mass is 15.3. The maximum Gasteiger partial charge on any atom is 0.157 e. The zero-order valence-corrected chi connectivity index (χ0v) is 12.6. The Balaban J connectivity index is 1.94. The van der Waals surface area contributed by atoms with Crippen LogP contribution in [0.5, 0.6) is 0 Å². The molecule has 108 valence electrons. The van der Waals surface area contributed by atoms with Crippen LogP contribution in [0.4, 0.5) is 0 Å². The summed E-state index contributed by atoms with van der Waals surface area (Å²) in [7, 11) is 0. The minimum Gasteiger partial charge on any atom is -0.317 e. The fourth-order valence-corrected chi connectivity index (χ4v) is 2.15. The number of hydrogen-bond acceptors (Lipinski definition) is 4. The highest BCUT2D eigenvalue weighted by Gasteiger charge is 2.04. The first kappa shape index (κ1) is 14.7. The van der Waals surface area contributed by atoms with Gasteiger partial charge in [0, 0.05) is 18.0 Å². The molecule has 0 aliphatic carbocycles. The van der Waals surface area contributed by atoms with Crippen molar-refractivity contribution in [1.82, 2.24) is 25.1 Å². The van der Waals surface area contributed by atoms with Gasteiger partial charge in [0.2, 0.25) is 0 Å². The van der Waals surface area contributed by atoms with Gasteiger partial charge in [-0.25, -0.2) is 14.6 Å². The van der Waals surface area contributed by atoms with Gasteiger partial charge in [-0.05, 0) is 51.8 Å². The van der Waals surface area contributed by atoms with Gasteiger partial charge in [0.1, 0.15) is 5.82 Å². The van der Waals surface area contributed by atoms with Crippen molar-refractivity contribution in [2.24, 2.45) is 0 Å². The maximum absolute atomic E-state index is 4.42. The van der Waals surface area contributed by atoms with E-state index in [1.165, 1.54) is 12.0 Å². The molecule has 0 bridgehead atoms. The summed E-state index contributed by atoms with van der Waals surface area (Å²) < 4.78 is 1.83. The molecule has 0 unspecified atom stereocenters. The third-order valence-electron chi connectivity index (χ3n) is 3.07. The molecular weight excluding hydrogens is 250 g/mol. The number of aromatic nitrogens is 4. The summed E-state index contributed by atoms with van der Waals surface area (Å²) in [5, 5.41) is 7.80. The normalized spacial score (nSPS) is 10.9. The fourth-order valence-electron chi connectivity index (χ4n) is 2.15. The van der Waals surface area contributed by atoms with Gasteiger partial charge in [-0.15, -0.1) is 0 Å². The van der Waals surface area contributed by atoms with Crippen LogP contribution in [0.2, 0.25) is 0 Å². The molecule has 5 heteroatoms. The van der Waals surface area contributed by atoms with Crippen molar-refractivity contribution in [2.75, 3.05) is 13.1 Å². The van der Waals surface area contributed by atoms with E-state index in [0.717, 1.165) is 43.3 Å². The lowest BCUT2D eigenvalue weighted by Gasteiger charge is -2.03. The predicted molar refractivity (Wildman–Crippen MR) is 80.1 cm³/mol. The summed E-state index contributed by atoms with van der Waals surface area (Å²) in [6.07, 6.45) is 7.34. The number of hydrogen-bond donors (Lipinski definition) is 1. The Labute approximate surface area is 120 Å². The van der Waals surface area contributed by atoms with Crippen LogP contribution in [0, 0.1) is 13.8 Å². The molecule has 2 heterocycles. The number of nitrogens with zero attached hydrogens (tertiary/aromatic N) is 4. The lowest BCUT2D eigenvalue weighted by atomic mass is 10.2. The van der Waals surface area contributed by atoms with Crippen molar-refractivity contribution in [1.29, 1.82) is 0 Å². The summed E-state index contributed by atoms with van der Waals surface area (Å²) in [6.45, 7) is 8.22. The molecule has 0 amide bonds. The Hall–Kier alpha value is -1.75. The first-order valence-corrected chi connectivity index (χ1v) is 7.26. The van der Waals surface area contributed by atoms with Crippen LogP contribution in [-0.2, 0) is 6.42 Å². The topological polar surface area (TPSA) is 55.6 Å². The van der Waals surface area contributed by atoms with E-state index in [9.17, 15) is 0 Å². The Kier molecular flexibility index (Phi) is 5.24. The lowest BCUT2D eigenvalue weighted by Crippen LogP contribution is -2.16. The van der Waals surface area contributed by atoms with Gasteiger partial charge in [0.25, 0.3) is 0 Å². The van der Waals surface area contributed by atoms with Gasteiger partial charge in [0.05, 0.1) is 6.20 Å². The van der Waals surface area contributed by atoms with Gasteiger partial charge in [-0.3, -0.25) is 0 Å². The molecule has 0 spiro atoms. The van der Waals surface area contributed by atoms with E-state index in [-0.39, 0.29) is 0 Å². The van der Waals surface area contributed by atoms with Crippen LogP contribution in [0.3, 0.4) is 0 Å². The molecular formula is C15H23N5. The van der Waals surface area contributed by atoms with Crippen molar-refractivity contribution >= 4 is 0 Å². The summed E-state index contributed by atoms with van der Waals surface area (Å²) in [6, 6.07) is 1.95. The molecule has 1 N–H and O–H groups in total. The van der Waals surface area contributed by atoms with Crippen molar-refractivity contribution in [3.8, 4) is 5.82 Å². The van der Waals surface area contributed by atoms with E-state index in [0.29, 0.717) is 0 Å². The van der Waals surface area contributed by atoms with E-state index < -0.39 is 0 Å². The zero-order chi connectivity index (χ0) is 14.4. The quantitative estimate of drug-likeness (QED) is 0.786. The molecule has 0 aliphatic rings. The summed E-state index contributed by atoms with van der Waals surface area (Å²) in [5.41, 5.74) is 2.21. The van der Waals surface area contributed by atoms with Gasteiger partial charge in [-0.1, -0.05) is 6.92 Å². The minimum atomic E-state index is 0.779. The molecule has 0 atom stereocenters. The number of aryl methyl sites for hydroxylation is 3. The zero-order valence-electron chi connectivity index (χ0n) is 12.6. The second kappa shape index (κ2) is 7.14. The fraction of sp³-hybridized carbons (Fsp3) is 0.533. The monoisotopic (exact) mass is 273 g/mol. The Morgan fingerprint density at radius 3 is 2.80 bits per heavy atom. The lowest BCUT2D eigenvalue weighted by molar-refractivity contribution is 0.640. The van der Waals surface area contributed by atoms with Gasteiger partial charge in [0.15, 0.2) is 5.82 Å². The van der Waals surface area contributed by atoms with E-state index in [1.807, 2.05) is 30.8 Å². The molecule has 2 aromatic rings. The summed E-state index contributed by atoms with van der Waals surface area (Å²) in [5.74, 6) is 1.62. The summed E-state index contributed by atoms with van der Waals surface area (Å²) in [4.78, 5) is 8.70. The first-order valence-electron chi connectivity index (χ1n) is 7.26. The molecule has 0 aliphatic heterocycles. The van der Waals surface area contributed by atoms with E-state index in [1.54, 1.807) is 0 Å². The highest BCUT2D eigenvalue weighted by Crippen LogP contribution is 2.08. The third kappa shape index (κ3) is 4.13. The largest absolute Gasteiger partial charge is 0.317 e. The second-order valence-corrected chi connectivity index (χ2v) is 5.06. The van der Waals surface area contributed by atoms with E-state index in [4.69, 9.17) is 0 Å². The molecule has 0 fully saturated rings. The Bertz CT molecular complexity index is 527. The average Bonchev–Trinajstić information content (AvgIpc) is 2.86.